The fourth-order valence-corrected chi connectivity index (χ4v) is 3.91. The average molecular weight is 317 g/mol. The Labute approximate surface area is 131 Å². The molecular formula is C16H13ClN2O3. The van der Waals surface area contributed by atoms with Crippen molar-refractivity contribution in [1.82, 2.24) is 10.4 Å². The zero-order chi connectivity index (χ0) is 15.4. The van der Waals surface area contributed by atoms with Gasteiger partial charge in [-0.05, 0) is 42.5 Å². The summed E-state index contributed by atoms with van der Waals surface area (Å²) in [6.07, 6.45) is 4.90. The van der Waals surface area contributed by atoms with Gasteiger partial charge in [-0.1, -0.05) is 23.8 Å². The van der Waals surface area contributed by atoms with Gasteiger partial charge in [-0.3, -0.25) is 19.8 Å². The van der Waals surface area contributed by atoms with Crippen LogP contribution in [0, 0.1) is 23.7 Å². The van der Waals surface area contributed by atoms with Gasteiger partial charge >= 0.3 is 0 Å². The van der Waals surface area contributed by atoms with E-state index in [-0.39, 0.29) is 35.5 Å². The van der Waals surface area contributed by atoms with Crippen LogP contribution in [-0.4, -0.2) is 22.7 Å². The first-order chi connectivity index (χ1) is 10.6. The smallest absolute Gasteiger partial charge is 0.270 e. The Balaban J connectivity index is 1.54. The standard InChI is InChI=1S/C16H13ClN2O3/c17-11-5-3-8(4-6-11)14(20)18-19-15(21)12-9-1-2-10(7-9)13(12)16(19)22/h1-6,9-10,12-13H,7H2,(H,18,20)/t9-,10+,12-,13+. The summed E-state index contributed by atoms with van der Waals surface area (Å²) in [5.74, 6) is -1.45. The maximum atomic E-state index is 12.4. The molecule has 1 aliphatic heterocycles. The van der Waals surface area contributed by atoms with Crippen LogP contribution in [0.2, 0.25) is 5.02 Å². The minimum atomic E-state index is -0.487. The SMILES string of the molecule is O=C(NN1C(=O)[C@@H]2[C@H](C1=O)[C@@H]1C=C[C@H]2C1)c1ccc(Cl)cc1. The lowest BCUT2D eigenvalue weighted by atomic mass is 9.85. The van der Waals surface area contributed by atoms with Crippen LogP contribution < -0.4 is 5.43 Å². The molecule has 1 saturated heterocycles. The highest BCUT2D eigenvalue weighted by Crippen LogP contribution is 2.52. The molecule has 112 valence electrons. The zero-order valence-electron chi connectivity index (χ0n) is 11.5. The number of fused-ring (bicyclic) bond motifs is 5. The van der Waals surface area contributed by atoms with E-state index in [1.807, 2.05) is 12.2 Å². The van der Waals surface area contributed by atoms with Gasteiger partial charge in [-0.25, -0.2) is 0 Å². The molecule has 1 N–H and O–H groups in total. The van der Waals surface area contributed by atoms with Crippen LogP contribution in [0.15, 0.2) is 36.4 Å². The molecule has 0 spiro atoms. The number of carbonyl (C=O) groups excluding carboxylic acids is 3. The monoisotopic (exact) mass is 316 g/mol. The third-order valence-electron chi connectivity index (χ3n) is 4.79. The lowest BCUT2D eigenvalue weighted by Crippen LogP contribution is -2.47. The molecule has 5 nitrogen and oxygen atoms in total. The molecule has 0 radical (unpaired) electrons. The van der Waals surface area contributed by atoms with Crippen molar-refractivity contribution in [2.45, 2.75) is 6.42 Å². The van der Waals surface area contributed by atoms with Gasteiger partial charge in [0.2, 0.25) is 0 Å². The summed E-state index contributed by atoms with van der Waals surface area (Å²) < 4.78 is 0. The number of benzene rings is 1. The largest absolute Gasteiger partial charge is 0.272 e. The van der Waals surface area contributed by atoms with Crippen LogP contribution in [0.3, 0.4) is 0 Å². The van der Waals surface area contributed by atoms with E-state index in [9.17, 15) is 14.4 Å². The maximum Gasteiger partial charge on any atom is 0.270 e. The summed E-state index contributed by atoms with van der Waals surface area (Å²) in [7, 11) is 0. The minimum Gasteiger partial charge on any atom is -0.272 e. The molecule has 2 aliphatic carbocycles. The van der Waals surface area contributed by atoms with Crippen molar-refractivity contribution < 1.29 is 14.4 Å². The summed E-state index contributed by atoms with van der Waals surface area (Å²) in [6, 6.07) is 6.27. The van der Waals surface area contributed by atoms with Crippen molar-refractivity contribution in [3.63, 3.8) is 0 Å². The van der Waals surface area contributed by atoms with Crippen LogP contribution in [0.25, 0.3) is 0 Å². The number of hydrazine groups is 1. The second-order valence-corrected chi connectivity index (χ2v) is 6.40. The Bertz CT molecular complexity index is 683. The molecule has 1 saturated carbocycles. The van der Waals surface area contributed by atoms with Gasteiger partial charge in [-0.2, -0.15) is 5.01 Å². The van der Waals surface area contributed by atoms with Gasteiger partial charge < -0.3 is 0 Å². The first kappa shape index (κ1) is 13.5. The number of hydrogen-bond donors (Lipinski definition) is 1. The number of halogens is 1. The lowest BCUT2D eigenvalue weighted by Gasteiger charge is -2.17. The third kappa shape index (κ3) is 1.82. The molecule has 1 aromatic carbocycles. The summed E-state index contributed by atoms with van der Waals surface area (Å²) in [5.41, 5.74) is 2.79. The van der Waals surface area contributed by atoms with Crippen molar-refractivity contribution in [1.29, 1.82) is 0 Å². The Morgan fingerprint density at radius 1 is 1.05 bits per heavy atom. The molecule has 1 aromatic rings. The van der Waals surface area contributed by atoms with Crippen molar-refractivity contribution >= 4 is 29.3 Å². The molecule has 3 aliphatic rings. The molecular weight excluding hydrogens is 304 g/mol. The van der Waals surface area contributed by atoms with E-state index in [4.69, 9.17) is 11.6 Å². The second-order valence-electron chi connectivity index (χ2n) is 5.96. The Hall–Kier alpha value is -2.14. The second kappa shape index (κ2) is 4.68. The van der Waals surface area contributed by atoms with E-state index in [0.29, 0.717) is 10.6 Å². The number of hydrogen-bond acceptors (Lipinski definition) is 3. The highest BCUT2D eigenvalue weighted by Gasteiger charge is 2.59. The van der Waals surface area contributed by atoms with Crippen LogP contribution in [0.4, 0.5) is 0 Å². The molecule has 1 heterocycles. The molecule has 6 heteroatoms. The van der Waals surface area contributed by atoms with E-state index in [2.05, 4.69) is 5.43 Å². The van der Waals surface area contributed by atoms with E-state index < -0.39 is 5.91 Å². The Kier molecular flexibility index (Phi) is 2.87. The fourth-order valence-electron chi connectivity index (χ4n) is 3.78. The van der Waals surface area contributed by atoms with Gasteiger partial charge in [0.05, 0.1) is 11.8 Å². The number of carbonyl (C=O) groups is 3. The van der Waals surface area contributed by atoms with Gasteiger partial charge in [0.25, 0.3) is 17.7 Å². The lowest BCUT2D eigenvalue weighted by molar-refractivity contribution is -0.143. The predicted octanol–water partition coefficient (Wildman–Crippen LogP) is 1.79. The maximum absolute atomic E-state index is 12.4. The summed E-state index contributed by atoms with van der Waals surface area (Å²) >= 11 is 5.78. The predicted molar refractivity (Wildman–Crippen MR) is 78.5 cm³/mol. The first-order valence-corrected chi connectivity index (χ1v) is 7.57. The van der Waals surface area contributed by atoms with Gasteiger partial charge in [0.1, 0.15) is 0 Å². The number of amides is 3. The van der Waals surface area contributed by atoms with Crippen LogP contribution in [0.1, 0.15) is 16.8 Å². The number of imide groups is 1. The number of allylic oxidation sites excluding steroid dienone is 2. The molecule has 0 unspecified atom stereocenters. The van der Waals surface area contributed by atoms with Gasteiger partial charge in [0.15, 0.2) is 0 Å². The van der Waals surface area contributed by atoms with Crippen molar-refractivity contribution in [2.24, 2.45) is 23.7 Å². The average Bonchev–Trinajstić information content (AvgIpc) is 3.17. The molecule has 4 atom stereocenters. The molecule has 2 fully saturated rings. The number of nitrogens with one attached hydrogen (secondary N) is 1. The van der Waals surface area contributed by atoms with E-state index in [1.54, 1.807) is 24.3 Å². The third-order valence-corrected chi connectivity index (χ3v) is 5.04. The topological polar surface area (TPSA) is 66.5 Å². The summed E-state index contributed by atoms with van der Waals surface area (Å²) in [5, 5.41) is 1.42. The minimum absolute atomic E-state index is 0.129. The van der Waals surface area contributed by atoms with E-state index >= 15 is 0 Å². The fraction of sp³-hybridized carbons (Fsp3) is 0.312. The quantitative estimate of drug-likeness (QED) is 0.668. The van der Waals surface area contributed by atoms with Crippen LogP contribution in [0.5, 0.6) is 0 Å². The Morgan fingerprint density at radius 2 is 1.59 bits per heavy atom. The zero-order valence-corrected chi connectivity index (χ0v) is 12.3. The van der Waals surface area contributed by atoms with Crippen molar-refractivity contribution in [3.8, 4) is 0 Å². The van der Waals surface area contributed by atoms with Gasteiger partial charge in [-0.15, -0.1) is 0 Å². The number of nitrogens with zero attached hydrogens (tertiary/aromatic N) is 1. The van der Waals surface area contributed by atoms with E-state index in [0.717, 1.165) is 11.4 Å². The highest BCUT2D eigenvalue weighted by molar-refractivity contribution is 6.30. The highest BCUT2D eigenvalue weighted by atomic mass is 35.5. The first-order valence-electron chi connectivity index (χ1n) is 7.19. The van der Waals surface area contributed by atoms with Gasteiger partial charge in [0, 0.05) is 10.6 Å². The summed E-state index contributed by atoms with van der Waals surface area (Å²) in [4.78, 5) is 37.1. The van der Waals surface area contributed by atoms with Crippen molar-refractivity contribution in [2.75, 3.05) is 0 Å². The molecule has 0 aromatic heterocycles. The normalized spacial score (nSPS) is 31.8. The van der Waals surface area contributed by atoms with Crippen LogP contribution in [-0.2, 0) is 9.59 Å². The summed E-state index contributed by atoms with van der Waals surface area (Å²) in [6.45, 7) is 0. The Morgan fingerprint density at radius 3 is 2.14 bits per heavy atom. The van der Waals surface area contributed by atoms with Crippen LogP contribution >= 0.6 is 11.6 Å². The molecule has 22 heavy (non-hydrogen) atoms. The molecule has 2 bridgehead atoms. The molecule has 3 amide bonds. The molecule has 4 rings (SSSR count). The van der Waals surface area contributed by atoms with Crippen molar-refractivity contribution in [3.05, 3.63) is 47.0 Å². The number of rotatable bonds is 2. The van der Waals surface area contributed by atoms with E-state index in [1.165, 1.54) is 0 Å².